The molecule has 0 spiro atoms. The molecule has 0 bridgehead atoms. The van der Waals surface area contributed by atoms with E-state index >= 15 is 0 Å². The lowest BCUT2D eigenvalue weighted by Crippen LogP contribution is -2.04. The number of hydrogen-bond acceptors (Lipinski definition) is 4. The second-order valence-electron chi connectivity index (χ2n) is 3.93. The summed E-state index contributed by atoms with van der Waals surface area (Å²) in [5.74, 6) is 0.814. The van der Waals surface area contributed by atoms with Crippen molar-refractivity contribution in [3.63, 3.8) is 0 Å². The van der Waals surface area contributed by atoms with Crippen molar-refractivity contribution in [2.24, 2.45) is 7.05 Å². The number of rotatable bonds is 5. The minimum atomic E-state index is 0.655. The third-order valence-electron chi connectivity index (χ3n) is 2.41. The summed E-state index contributed by atoms with van der Waals surface area (Å²) in [5.41, 5.74) is 1.91. The van der Waals surface area contributed by atoms with Crippen molar-refractivity contribution in [1.29, 1.82) is 0 Å². The Hall–Kier alpha value is -1.82. The Bertz CT molecular complexity index is 488. The third kappa shape index (κ3) is 2.85. The molecule has 0 radical (unpaired) electrons. The fraction of sp³-hybridized carbons (Fsp3) is 0.455. The largest absolute Gasteiger partial charge is 0.383 e. The van der Waals surface area contributed by atoms with E-state index in [1.807, 2.05) is 35.6 Å². The van der Waals surface area contributed by atoms with E-state index in [1.165, 1.54) is 0 Å². The van der Waals surface area contributed by atoms with Crippen LogP contribution >= 0.6 is 0 Å². The highest BCUT2D eigenvalue weighted by molar-refractivity contribution is 5.51. The van der Waals surface area contributed by atoms with E-state index < -0.39 is 0 Å². The molecule has 0 atom stereocenters. The fourth-order valence-electron chi connectivity index (χ4n) is 1.60. The van der Waals surface area contributed by atoms with E-state index in [4.69, 9.17) is 4.74 Å². The van der Waals surface area contributed by atoms with Crippen LogP contribution in [0.2, 0.25) is 0 Å². The highest BCUT2D eigenvalue weighted by Crippen LogP contribution is 2.14. The molecule has 0 aromatic carbocycles. The van der Waals surface area contributed by atoms with Crippen molar-refractivity contribution in [3.8, 4) is 0 Å². The van der Waals surface area contributed by atoms with E-state index in [9.17, 15) is 0 Å². The number of nitrogens with zero attached hydrogens (tertiary/aromatic N) is 4. The molecule has 1 N–H and O–H groups in total. The molecular weight excluding hydrogens is 218 g/mol. The van der Waals surface area contributed by atoms with Crippen LogP contribution in [0.1, 0.15) is 5.69 Å². The van der Waals surface area contributed by atoms with Gasteiger partial charge in [0.1, 0.15) is 0 Å². The van der Waals surface area contributed by atoms with Gasteiger partial charge in [0.05, 0.1) is 30.7 Å². The van der Waals surface area contributed by atoms with Crippen LogP contribution < -0.4 is 5.32 Å². The summed E-state index contributed by atoms with van der Waals surface area (Å²) >= 11 is 0. The first-order valence-electron chi connectivity index (χ1n) is 5.47. The standard InChI is InChI=1S/C11H17N5O/c1-9-7-15(2)11(13-9)14-10-6-12-16(8-10)4-5-17-3/h6-8H,4-5H2,1-3H3,(H,13,14). The third-order valence-corrected chi connectivity index (χ3v) is 2.41. The summed E-state index contributed by atoms with van der Waals surface area (Å²) in [7, 11) is 3.64. The maximum absolute atomic E-state index is 5.00. The van der Waals surface area contributed by atoms with Gasteiger partial charge in [-0.05, 0) is 6.92 Å². The highest BCUT2D eigenvalue weighted by Gasteiger charge is 2.04. The number of anilines is 2. The van der Waals surface area contributed by atoms with Gasteiger partial charge in [0.25, 0.3) is 0 Å². The van der Waals surface area contributed by atoms with Crippen LogP contribution in [-0.2, 0) is 18.3 Å². The van der Waals surface area contributed by atoms with E-state index in [2.05, 4.69) is 15.4 Å². The molecule has 0 unspecified atom stereocenters. The summed E-state index contributed by atoms with van der Waals surface area (Å²) in [6.07, 6.45) is 5.68. The molecule has 2 aromatic rings. The van der Waals surface area contributed by atoms with Crippen molar-refractivity contribution < 1.29 is 4.74 Å². The van der Waals surface area contributed by atoms with Gasteiger partial charge in [-0.15, -0.1) is 0 Å². The lowest BCUT2D eigenvalue weighted by molar-refractivity contribution is 0.183. The average molecular weight is 235 g/mol. The Morgan fingerprint density at radius 3 is 2.88 bits per heavy atom. The zero-order chi connectivity index (χ0) is 12.3. The Morgan fingerprint density at radius 1 is 1.41 bits per heavy atom. The predicted octanol–water partition coefficient (Wildman–Crippen LogP) is 1.32. The summed E-state index contributed by atoms with van der Waals surface area (Å²) in [6, 6.07) is 0. The van der Waals surface area contributed by atoms with E-state index in [-0.39, 0.29) is 0 Å². The maximum Gasteiger partial charge on any atom is 0.207 e. The molecule has 0 aliphatic carbocycles. The summed E-state index contributed by atoms with van der Waals surface area (Å²) in [6.45, 7) is 3.37. The van der Waals surface area contributed by atoms with Gasteiger partial charge in [0.2, 0.25) is 5.95 Å². The summed E-state index contributed by atoms with van der Waals surface area (Å²) in [4.78, 5) is 4.37. The first-order valence-corrected chi connectivity index (χ1v) is 5.47. The van der Waals surface area contributed by atoms with Crippen LogP contribution in [0, 0.1) is 6.92 Å². The molecule has 0 fully saturated rings. The van der Waals surface area contributed by atoms with Crippen molar-refractivity contribution in [3.05, 3.63) is 24.3 Å². The molecule has 6 heteroatoms. The summed E-state index contributed by atoms with van der Waals surface area (Å²) < 4.78 is 8.78. The monoisotopic (exact) mass is 235 g/mol. The van der Waals surface area contributed by atoms with Crippen LogP contribution in [0.15, 0.2) is 18.6 Å². The number of methoxy groups -OCH3 is 1. The number of nitrogens with one attached hydrogen (secondary N) is 1. The Balaban J connectivity index is 2.03. The minimum Gasteiger partial charge on any atom is -0.383 e. The molecular formula is C11H17N5O. The number of aromatic nitrogens is 4. The predicted molar refractivity (Wildman–Crippen MR) is 65.3 cm³/mol. The Labute approximate surface area is 100 Å². The van der Waals surface area contributed by atoms with Crippen molar-refractivity contribution in [1.82, 2.24) is 19.3 Å². The number of hydrogen-bond donors (Lipinski definition) is 1. The first-order chi connectivity index (χ1) is 8.19. The minimum absolute atomic E-state index is 0.655. The van der Waals surface area contributed by atoms with E-state index in [0.717, 1.165) is 23.9 Å². The quantitative estimate of drug-likeness (QED) is 0.849. The maximum atomic E-state index is 5.00. The van der Waals surface area contributed by atoms with E-state index in [0.29, 0.717) is 6.61 Å². The second kappa shape index (κ2) is 5.01. The van der Waals surface area contributed by atoms with Crippen LogP contribution in [0.3, 0.4) is 0 Å². The smallest absolute Gasteiger partial charge is 0.207 e. The molecule has 0 saturated heterocycles. The second-order valence-corrected chi connectivity index (χ2v) is 3.93. The SMILES string of the molecule is COCCn1cc(Nc2nc(C)cn2C)cn1. The topological polar surface area (TPSA) is 56.9 Å². The van der Waals surface area contributed by atoms with Crippen molar-refractivity contribution in [2.75, 3.05) is 19.0 Å². The van der Waals surface area contributed by atoms with Gasteiger partial charge in [-0.2, -0.15) is 5.10 Å². The van der Waals surface area contributed by atoms with Crippen molar-refractivity contribution >= 4 is 11.6 Å². The normalized spacial score (nSPS) is 10.8. The Morgan fingerprint density at radius 2 is 2.24 bits per heavy atom. The van der Waals surface area contributed by atoms with Crippen LogP contribution in [0.4, 0.5) is 11.6 Å². The van der Waals surface area contributed by atoms with Crippen LogP contribution in [0.25, 0.3) is 0 Å². The number of imidazole rings is 1. The lowest BCUT2D eigenvalue weighted by atomic mass is 10.5. The summed E-state index contributed by atoms with van der Waals surface area (Å²) in [5, 5.41) is 7.44. The zero-order valence-corrected chi connectivity index (χ0v) is 10.3. The molecule has 0 amide bonds. The van der Waals surface area contributed by atoms with Crippen molar-refractivity contribution in [2.45, 2.75) is 13.5 Å². The molecule has 2 rings (SSSR count). The van der Waals surface area contributed by atoms with Crippen LogP contribution in [-0.4, -0.2) is 33.0 Å². The average Bonchev–Trinajstić information content (AvgIpc) is 2.84. The zero-order valence-electron chi connectivity index (χ0n) is 10.3. The number of ether oxygens (including phenoxy) is 1. The lowest BCUT2D eigenvalue weighted by Gasteiger charge is -2.02. The fourth-order valence-corrected chi connectivity index (χ4v) is 1.60. The van der Waals surface area contributed by atoms with Gasteiger partial charge in [-0.25, -0.2) is 4.98 Å². The molecule has 0 aliphatic heterocycles. The van der Waals surface area contributed by atoms with Crippen LogP contribution in [0.5, 0.6) is 0 Å². The molecule has 0 aliphatic rings. The van der Waals surface area contributed by atoms with Gasteiger partial charge in [-0.3, -0.25) is 4.68 Å². The molecule has 17 heavy (non-hydrogen) atoms. The molecule has 0 saturated carbocycles. The number of aryl methyl sites for hydroxylation is 2. The molecule has 92 valence electrons. The Kier molecular flexibility index (Phi) is 3.43. The van der Waals surface area contributed by atoms with Gasteiger partial charge >= 0.3 is 0 Å². The van der Waals surface area contributed by atoms with Gasteiger partial charge in [0, 0.05) is 26.6 Å². The molecule has 6 nitrogen and oxygen atoms in total. The van der Waals surface area contributed by atoms with Gasteiger partial charge < -0.3 is 14.6 Å². The molecule has 2 heterocycles. The first kappa shape index (κ1) is 11.7. The van der Waals surface area contributed by atoms with E-state index in [1.54, 1.807) is 13.3 Å². The van der Waals surface area contributed by atoms with Gasteiger partial charge in [-0.1, -0.05) is 0 Å². The molecule has 2 aromatic heterocycles. The highest BCUT2D eigenvalue weighted by atomic mass is 16.5. The van der Waals surface area contributed by atoms with Gasteiger partial charge in [0.15, 0.2) is 0 Å².